The van der Waals surface area contributed by atoms with E-state index in [1.165, 1.54) is 16.5 Å². The number of benzene rings is 1. The van der Waals surface area contributed by atoms with Gasteiger partial charge < -0.3 is 9.67 Å². The number of halogens is 1. The van der Waals surface area contributed by atoms with Gasteiger partial charge >= 0.3 is 0 Å². The van der Waals surface area contributed by atoms with E-state index < -0.39 is 0 Å². The van der Waals surface area contributed by atoms with E-state index in [4.69, 9.17) is 0 Å². The zero-order valence-electron chi connectivity index (χ0n) is 10.4. The minimum Gasteiger partial charge on any atom is -0.393 e. The van der Waals surface area contributed by atoms with Crippen LogP contribution in [0.4, 0.5) is 0 Å². The van der Waals surface area contributed by atoms with Crippen molar-refractivity contribution >= 4 is 26.8 Å². The Labute approximate surface area is 110 Å². The average molecular weight is 296 g/mol. The Morgan fingerprint density at radius 3 is 2.59 bits per heavy atom. The summed E-state index contributed by atoms with van der Waals surface area (Å²) in [5.41, 5.74) is 2.45. The molecule has 2 rings (SSSR count). The van der Waals surface area contributed by atoms with Crippen molar-refractivity contribution in [1.82, 2.24) is 4.57 Å². The number of hydrogen-bond acceptors (Lipinski definition) is 1. The second kappa shape index (κ2) is 4.83. The highest BCUT2D eigenvalue weighted by atomic mass is 79.9. The fourth-order valence-electron chi connectivity index (χ4n) is 2.21. The fourth-order valence-corrected chi connectivity index (χ4v) is 2.55. The summed E-state index contributed by atoms with van der Waals surface area (Å²) in [5.74, 6) is 0. The van der Waals surface area contributed by atoms with Crippen molar-refractivity contribution in [3.63, 3.8) is 0 Å². The normalized spacial score (nSPS) is 13.5. The van der Waals surface area contributed by atoms with Crippen molar-refractivity contribution in [1.29, 1.82) is 0 Å². The SMILES string of the molecule is CC(O)Cc1cn(C(C)C)c2cc(Br)ccc12. The van der Waals surface area contributed by atoms with Crippen LogP contribution in [-0.2, 0) is 6.42 Å². The lowest BCUT2D eigenvalue weighted by Crippen LogP contribution is -2.03. The van der Waals surface area contributed by atoms with Gasteiger partial charge in [0.05, 0.1) is 6.10 Å². The van der Waals surface area contributed by atoms with Crippen molar-refractivity contribution < 1.29 is 5.11 Å². The van der Waals surface area contributed by atoms with Gasteiger partial charge in [-0.1, -0.05) is 22.0 Å². The third kappa shape index (κ3) is 2.55. The van der Waals surface area contributed by atoms with Gasteiger partial charge in [-0.2, -0.15) is 0 Å². The summed E-state index contributed by atoms with van der Waals surface area (Å²) in [6, 6.07) is 6.74. The second-order valence-electron chi connectivity index (χ2n) is 4.87. The molecule has 0 amide bonds. The van der Waals surface area contributed by atoms with Crippen molar-refractivity contribution in [3.8, 4) is 0 Å². The molecule has 0 spiro atoms. The monoisotopic (exact) mass is 295 g/mol. The van der Waals surface area contributed by atoms with Crippen LogP contribution in [0.15, 0.2) is 28.9 Å². The minimum atomic E-state index is -0.301. The van der Waals surface area contributed by atoms with Crippen molar-refractivity contribution in [2.75, 3.05) is 0 Å². The Morgan fingerprint density at radius 2 is 2.00 bits per heavy atom. The van der Waals surface area contributed by atoms with Crippen LogP contribution >= 0.6 is 15.9 Å². The molecule has 1 aromatic heterocycles. The average Bonchev–Trinajstić information content (AvgIpc) is 2.55. The first-order valence-corrected chi connectivity index (χ1v) is 6.75. The molecule has 2 nitrogen and oxygen atoms in total. The lowest BCUT2D eigenvalue weighted by Gasteiger charge is -2.08. The van der Waals surface area contributed by atoms with E-state index in [2.05, 4.69) is 58.7 Å². The van der Waals surface area contributed by atoms with Gasteiger partial charge in [0.2, 0.25) is 0 Å². The van der Waals surface area contributed by atoms with Crippen LogP contribution < -0.4 is 0 Å². The molecule has 0 fully saturated rings. The molecule has 0 bridgehead atoms. The molecule has 0 aliphatic carbocycles. The van der Waals surface area contributed by atoms with Crippen LogP contribution in [0.25, 0.3) is 10.9 Å². The highest BCUT2D eigenvalue weighted by Crippen LogP contribution is 2.28. The van der Waals surface area contributed by atoms with Crippen molar-refractivity contribution in [2.24, 2.45) is 0 Å². The number of aromatic nitrogens is 1. The Balaban J connectivity index is 2.62. The molecule has 0 aliphatic rings. The third-order valence-electron chi connectivity index (χ3n) is 2.95. The molecular weight excluding hydrogens is 278 g/mol. The number of rotatable bonds is 3. The highest BCUT2D eigenvalue weighted by Gasteiger charge is 2.12. The van der Waals surface area contributed by atoms with Crippen LogP contribution in [-0.4, -0.2) is 15.8 Å². The first-order chi connectivity index (χ1) is 7.99. The summed E-state index contributed by atoms with van der Waals surface area (Å²) < 4.78 is 3.35. The Hall–Kier alpha value is -0.800. The topological polar surface area (TPSA) is 25.2 Å². The van der Waals surface area contributed by atoms with Gasteiger partial charge in [0.15, 0.2) is 0 Å². The fraction of sp³-hybridized carbons (Fsp3) is 0.429. The summed E-state index contributed by atoms with van der Waals surface area (Å²) in [6.07, 6.45) is 2.57. The molecule has 1 unspecified atom stereocenters. The molecule has 1 atom stereocenters. The summed E-state index contributed by atoms with van der Waals surface area (Å²) >= 11 is 3.51. The molecule has 0 saturated heterocycles. The van der Waals surface area contributed by atoms with E-state index in [1.54, 1.807) is 0 Å². The molecule has 0 radical (unpaired) electrons. The maximum atomic E-state index is 9.55. The predicted octanol–water partition coefficient (Wildman–Crippen LogP) is 3.91. The summed E-state index contributed by atoms with van der Waals surface area (Å²) in [4.78, 5) is 0. The number of hydrogen-bond donors (Lipinski definition) is 1. The lowest BCUT2D eigenvalue weighted by molar-refractivity contribution is 0.196. The molecule has 17 heavy (non-hydrogen) atoms. The molecule has 92 valence electrons. The van der Waals surface area contributed by atoms with Crippen molar-refractivity contribution in [3.05, 3.63) is 34.4 Å². The number of aliphatic hydroxyl groups is 1. The van der Waals surface area contributed by atoms with E-state index in [-0.39, 0.29) is 6.10 Å². The van der Waals surface area contributed by atoms with E-state index >= 15 is 0 Å². The zero-order chi connectivity index (χ0) is 12.6. The largest absolute Gasteiger partial charge is 0.393 e. The van der Waals surface area contributed by atoms with Gasteiger partial charge in [0.1, 0.15) is 0 Å². The van der Waals surface area contributed by atoms with Gasteiger partial charge in [0, 0.05) is 34.0 Å². The zero-order valence-corrected chi connectivity index (χ0v) is 12.0. The van der Waals surface area contributed by atoms with E-state index in [0.717, 1.165) is 4.47 Å². The summed E-state index contributed by atoms with van der Waals surface area (Å²) in [7, 11) is 0. The minimum absolute atomic E-state index is 0.301. The molecule has 2 aromatic rings. The van der Waals surface area contributed by atoms with E-state index in [1.807, 2.05) is 6.92 Å². The van der Waals surface area contributed by atoms with Crippen LogP contribution in [0.2, 0.25) is 0 Å². The number of nitrogens with zero attached hydrogens (tertiary/aromatic N) is 1. The smallest absolute Gasteiger partial charge is 0.0553 e. The molecule has 1 heterocycles. The summed E-state index contributed by atoms with van der Waals surface area (Å²) in [6.45, 7) is 6.18. The van der Waals surface area contributed by atoms with Gasteiger partial charge in [-0.25, -0.2) is 0 Å². The Kier molecular flexibility index (Phi) is 3.59. The second-order valence-corrected chi connectivity index (χ2v) is 5.79. The van der Waals surface area contributed by atoms with Gasteiger partial charge in [-0.3, -0.25) is 0 Å². The predicted molar refractivity (Wildman–Crippen MR) is 75.4 cm³/mol. The highest BCUT2D eigenvalue weighted by molar-refractivity contribution is 9.10. The van der Waals surface area contributed by atoms with E-state index in [9.17, 15) is 5.11 Å². The molecular formula is C14H18BrNO. The maximum Gasteiger partial charge on any atom is 0.0553 e. The first-order valence-electron chi connectivity index (χ1n) is 5.96. The summed E-state index contributed by atoms with van der Waals surface area (Å²) in [5, 5.41) is 10.8. The maximum absolute atomic E-state index is 9.55. The van der Waals surface area contributed by atoms with E-state index in [0.29, 0.717) is 12.5 Å². The van der Waals surface area contributed by atoms with Gasteiger partial charge in [0.25, 0.3) is 0 Å². The quantitative estimate of drug-likeness (QED) is 0.912. The van der Waals surface area contributed by atoms with Crippen molar-refractivity contribution in [2.45, 2.75) is 39.3 Å². The molecule has 1 N–H and O–H groups in total. The van der Waals surface area contributed by atoms with Gasteiger partial charge in [-0.15, -0.1) is 0 Å². The third-order valence-corrected chi connectivity index (χ3v) is 3.44. The Morgan fingerprint density at radius 1 is 1.29 bits per heavy atom. The standard InChI is InChI=1S/C14H18BrNO/c1-9(2)16-8-11(6-10(3)17)13-5-4-12(15)7-14(13)16/h4-5,7-10,17H,6H2,1-3H3. The van der Waals surface area contributed by atoms with Crippen LogP contribution in [0, 0.1) is 0 Å². The number of fused-ring (bicyclic) bond motifs is 1. The lowest BCUT2D eigenvalue weighted by atomic mass is 10.1. The number of aliphatic hydroxyl groups excluding tert-OH is 1. The van der Waals surface area contributed by atoms with Crippen LogP contribution in [0.1, 0.15) is 32.4 Å². The molecule has 0 aliphatic heterocycles. The Bertz CT molecular complexity index is 528. The molecule has 1 aromatic carbocycles. The molecule has 0 saturated carbocycles. The first kappa shape index (κ1) is 12.7. The molecule has 3 heteroatoms. The van der Waals surface area contributed by atoms with Gasteiger partial charge in [-0.05, 0) is 38.5 Å². The van der Waals surface area contributed by atoms with Crippen LogP contribution in [0.5, 0.6) is 0 Å². The van der Waals surface area contributed by atoms with Crippen LogP contribution in [0.3, 0.4) is 0 Å².